The fourth-order valence-electron chi connectivity index (χ4n) is 4.22. The van der Waals surface area contributed by atoms with Crippen molar-refractivity contribution in [2.24, 2.45) is 0 Å². The van der Waals surface area contributed by atoms with Gasteiger partial charge in [-0.25, -0.2) is 8.42 Å². The second kappa shape index (κ2) is 10.3. The molecule has 8 heteroatoms. The van der Waals surface area contributed by atoms with Gasteiger partial charge in [-0.05, 0) is 61.4 Å². The molecule has 1 amide bonds. The molecule has 0 spiro atoms. The second-order valence-electron chi connectivity index (χ2n) is 8.45. The Bertz CT molecular complexity index is 1140. The van der Waals surface area contributed by atoms with Crippen LogP contribution in [0, 0.1) is 0 Å². The van der Waals surface area contributed by atoms with Crippen molar-refractivity contribution in [3.63, 3.8) is 0 Å². The minimum Gasteiger partial charge on any atom is -0.467 e. The highest BCUT2D eigenvalue weighted by molar-refractivity contribution is 7.90. The molecule has 0 N–H and O–H groups in total. The van der Waals surface area contributed by atoms with E-state index in [4.69, 9.17) is 4.42 Å². The third-order valence-electron chi connectivity index (χ3n) is 6.10. The Hall–Kier alpha value is -2.97. The van der Waals surface area contributed by atoms with Crippen LogP contribution in [0.15, 0.2) is 76.4 Å². The minimum absolute atomic E-state index is 0.0864. The van der Waals surface area contributed by atoms with Gasteiger partial charge in [0, 0.05) is 55.8 Å². The number of rotatable bonds is 8. The molecule has 1 aromatic carbocycles. The summed E-state index contributed by atoms with van der Waals surface area (Å²) in [7, 11) is -3.31. The lowest BCUT2D eigenvalue weighted by molar-refractivity contribution is 0.0531. The molecule has 4 rings (SSSR count). The molecular weight excluding hydrogens is 438 g/mol. The summed E-state index contributed by atoms with van der Waals surface area (Å²) in [4.78, 5) is 22.3. The van der Waals surface area contributed by atoms with Crippen LogP contribution in [0.5, 0.6) is 0 Å². The van der Waals surface area contributed by atoms with Gasteiger partial charge in [-0.1, -0.05) is 6.07 Å². The molecule has 0 atom stereocenters. The number of benzene rings is 1. The summed E-state index contributed by atoms with van der Waals surface area (Å²) in [5.41, 5.74) is 1.57. The molecule has 3 aromatic rings. The highest BCUT2D eigenvalue weighted by Gasteiger charge is 2.29. The van der Waals surface area contributed by atoms with E-state index in [9.17, 15) is 13.2 Å². The van der Waals surface area contributed by atoms with Crippen LogP contribution in [-0.2, 0) is 22.8 Å². The van der Waals surface area contributed by atoms with Gasteiger partial charge < -0.3 is 14.2 Å². The maximum atomic E-state index is 13.4. The number of furan rings is 1. The van der Waals surface area contributed by atoms with Crippen molar-refractivity contribution in [2.75, 3.05) is 25.9 Å². The summed E-state index contributed by atoms with van der Waals surface area (Å²) >= 11 is 0. The number of carbonyl (C=O) groups is 1. The first-order valence-corrected chi connectivity index (χ1v) is 13.0. The Balaban J connectivity index is 1.43. The minimum atomic E-state index is -3.31. The van der Waals surface area contributed by atoms with Crippen LogP contribution in [0.4, 0.5) is 0 Å². The molecule has 1 saturated heterocycles. The van der Waals surface area contributed by atoms with Crippen molar-refractivity contribution in [1.29, 1.82) is 0 Å². The molecular formula is C25H29N3O4S. The first-order valence-electron chi connectivity index (χ1n) is 11.2. The van der Waals surface area contributed by atoms with Crippen molar-refractivity contribution in [3.8, 4) is 0 Å². The lowest BCUT2D eigenvalue weighted by Gasteiger charge is -2.38. The third-order valence-corrected chi connectivity index (χ3v) is 7.23. The van der Waals surface area contributed by atoms with Crippen molar-refractivity contribution in [3.05, 3.63) is 84.1 Å². The number of amides is 1. The van der Waals surface area contributed by atoms with E-state index >= 15 is 0 Å². The van der Waals surface area contributed by atoms with Gasteiger partial charge in [0.15, 0.2) is 9.84 Å². The molecule has 174 valence electrons. The number of hydrogen-bond donors (Lipinski definition) is 0. The van der Waals surface area contributed by atoms with E-state index < -0.39 is 9.84 Å². The molecule has 1 fully saturated rings. The van der Waals surface area contributed by atoms with E-state index in [1.165, 1.54) is 12.1 Å². The standard InChI is InChI=1S/C25H29N3O4S/c1-33(30,31)24-9-7-20(8-10-24)25(29)28(19-23-6-4-18-32-23)22-12-16-27(17-13-22)15-11-21-5-2-3-14-26-21/h2-10,14,18,22H,11-13,15-17,19H2,1H3. The molecule has 1 aliphatic rings. The second-order valence-corrected chi connectivity index (χ2v) is 10.5. The van der Waals surface area contributed by atoms with Crippen LogP contribution in [0.25, 0.3) is 0 Å². The van der Waals surface area contributed by atoms with Gasteiger partial charge in [0.2, 0.25) is 0 Å². The van der Waals surface area contributed by atoms with Crippen LogP contribution in [0.1, 0.15) is 34.7 Å². The fourth-order valence-corrected chi connectivity index (χ4v) is 4.85. The first kappa shape index (κ1) is 23.2. The highest BCUT2D eigenvalue weighted by atomic mass is 32.2. The maximum absolute atomic E-state index is 13.4. The molecule has 7 nitrogen and oxygen atoms in total. The molecule has 33 heavy (non-hydrogen) atoms. The monoisotopic (exact) mass is 467 g/mol. The van der Waals surface area contributed by atoms with Crippen molar-refractivity contribution < 1.29 is 17.6 Å². The molecule has 0 radical (unpaired) electrons. The van der Waals surface area contributed by atoms with E-state index in [-0.39, 0.29) is 16.8 Å². The molecule has 0 unspecified atom stereocenters. The first-order chi connectivity index (χ1) is 15.9. The normalized spacial score (nSPS) is 15.4. The fraction of sp³-hybridized carbons (Fsp3) is 0.360. The average molecular weight is 468 g/mol. The third kappa shape index (κ3) is 6.09. The molecule has 2 aromatic heterocycles. The smallest absolute Gasteiger partial charge is 0.254 e. The Morgan fingerprint density at radius 1 is 1.09 bits per heavy atom. The number of sulfone groups is 1. The lowest BCUT2D eigenvalue weighted by atomic mass is 10.0. The SMILES string of the molecule is CS(=O)(=O)c1ccc(C(=O)N(Cc2ccco2)C2CCN(CCc3ccccn3)CC2)cc1. The van der Waals surface area contributed by atoms with Crippen LogP contribution in [0.2, 0.25) is 0 Å². The summed E-state index contributed by atoms with van der Waals surface area (Å²) in [6, 6.07) is 15.9. The molecule has 0 saturated carbocycles. The summed E-state index contributed by atoms with van der Waals surface area (Å²) in [5, 5.41) is 0. The van der Waals surface area contributed by atoms with E-state index in [1.54, 1.807) is 18.4 Å². The average Bonchev–Trinajstić information content (AvgIpc) is 3.35. The zero-order valence-corrected chi connectivity index (χ0v) is 19.6. The van der Waals surface area contributed by atoms with E-state index in [0.717, 1.165) is 56.6 Å². The van der Waals surface area contributed by atoms with Gasteiger partial charge in [0.1, 0.15) is 5.76 Å². The predicted molar refractivity (Wildman–Crippen MR) is 126 cm³/mol. The van der Waals surface area contributed by atoms with Crippen molar-refractivity contribution in [1.82, 2.24) is 14.8 Å². The van der Waals surface area contributed by atoms with Gasteiger partial charge in [-0.3, -0.25) is 9.78 Å². The molecule has 0 bridgehead atoms. The maximum Gasteiger partial charge on any atom is 0.254 e. The predicted octanol–water partition coefficient (Wildman–Crippen LogP) is 3.43. The largest absolute Gasteiger partial charge is 0.467 e. The summed E-state index contributed by atoms with van der Waals surface area (Å²) < 4.78 is 29.1. The Labute approximate surface area is 195 Å². The zero-order chi connectivity index (χ0) is 23.3. The quantitative estimate of drug-likeness (QED) is 0.505. The number of likely N-dealkylation sites (tertiary alicyclic amines) is 1. The Morgan fingerprint density at radius 3 is 2.45 bits per heavy atom. The van der Waals surface area contributed by atoms with E-state index in [1.807, 2.05) is 41.4 Å². The van der Waals surface area contributed by atoms with Crippen molar-refractivity contribution >= 4 is 15.7 Å². The van der Waals surface area contributed by atoms with Gasteiger partial charge in [-0.15, -0.1) is 0 Å². The zero-order valence-electron chi connectivity index (χ0n) is 18.8. The Morgan fingerprint density at radius 2 is 1.85 bits per heavy atom. The number of pyridine rings is 1. The topological polar surface area (TPSA) is 83.7 Å². The van der Waals surface area contributed by atoms with Gasteiger partial charge in [0.05, 0.1) is 17.7 Å². The van der Waals surface area contributed by atoms with Gasteiger partial charge >= 0.3 is 0 Å². The summed E-state index contributed by atoms with van der Waals surface area (Å²) in [6.45, 7) is 3.15. The van der Waals surface area contributed by atoms with Crippen LogP contribution in [0.3, 0.4) is 0 Å². The number of carbonyl (C=O) groups excluding carboxylic acids is 1. The van der Waals surface area contributed by atoms with E-state index in [2.05, 4.69) is 9.88 Å². The van der Waals surface area contributed by atoms with Crippen LogP contribution >= 0.6 is 0 Å². The van der Waals surface area contributed by atoms with Gasteiger partial charge in [-0.2, -0.15) is 0 Å². The number of aromatic nitrogens is 1. The number of piperidine rings is 1. The summed E-state index contributed by atoms with van der Waals surface area (Å²) in [6.07, 6.45) is 7.25. The Kier molecular flexibility index (Phi) is 7.25. The van der Waals surface area contributed by atoms with E-state index in [0.29, 0.717) is 12.1 Å². The van der Waals surface area contributed by atoms with Crippen LogP contribution in [-0.4, -0.2) is 61.0 Å². The highest BCUT2D eigenvalue weighted by Crippen LogP contribution is 2.23. The number of hydrogen-bond acceptors (Lipinski definition) is 6. The van der Waals surface area contributed by atoms with Crippen molar-refractivity contribution in [2.45, 2.75) is 36.7 Å². The molecule has 0 aliphatic carbocycles. The van der Waals surface area contributed by atoms with Crippen LogP contribution < -0.4 is 0 Å². The molecule has 1 aliphatic heterocycles. The van der Waals surface area contributed by atoms with Gasteiger partial charge in [0.25, 0.3) is 5.91 Å². The number of nitrogens with zero attached hydrogens (tertiary/aromatic N) is 3. The summed E-state index contributed by atoms with van der Waals surface area (Å²) in [5.74, 6) is 0.618. The molecule has 3 heterocycles. The lowest BCUT2D eigenvalue weighted by Crippen LogP contribution is -2.47.